The molecule has 0 spiro atoms. The molecule has 20 heavy (non-hydrogen) atoms. The van der Waals surface area contributed by atoms with Crippen LogP contribution in [-0.2, 0) is 9.59 Å². The number of carbonyl (C=O) groups is 3. The van der Waals surface area contributed by atoms with Gasteiger partial charge < -0.3 is 10.6 Å². The van der Waals surface area contributed by atoms with E-state index >= 15 is 0 Å². The number of pyridine rings is 1. The number of hydrogen-bond acceptors (Lipinski definition) is 5. The molecule has 1 fully saturated rings. The summed E-state index contributed by atoms with van der Waals surface area (Å²) in [5, 5.41) is 2.21. The minimum atomic E-state index is -0.682. The molecular weight excluding hydrogens is 328 g/mol. The van der Waals surface area contributed by atoms with E-state index in [2.05, 4.69) is 26.2 Å². The molecule has 1 saturated heterocycles. The lowest BCUT2D eigenvalue weighted by atomic mass is 10.1. The topological polar surface area (TPSA) is 105 Å². The van der Waals surface area contributed by atoms with Gasteiger partial charge in [0.2, 0.25) is 11.8 Å². The molecule has 1 aliphatic heterocycles. The summed E-state index contributed by atoms with van der Waals surface area (Å²) in [7, 11) is 0. The van der Waals surface area contributed by atoms with Crippen LogP contribution in [0.25, 0.3) is 0 Å². The number of rotatable bonds is 2. The van der Waals surface area contributed by atoms with Crippen molar-refractivity contribution in [1.29, 1.82) is 0 Å². The van der Waals surface area contributed by atoms with Crippen molar-refractivity contribution in [2.45, 2.75) is 19.4 Å². The molecule has 0 saturated carbocycles. The minimum Gasteiger partial charge on any atom is -0.383 e. The number of imide groups is 1. The van der Waals surface area contributed by atoms with Crippen LogP contribution in [-0.4, -0.2) is 40.2 Å². The zero-order valence-corrected chi connectivity index (χ0v) is 12.3. The Morgan fingerprint density at radius 1 is 1.60 bits per heavy atom. The van der Waals surface area contributed by atoms with Gasteiger partial charge in [-0.15, -0.1) is 0 Å². The first-order valence-corrected chi connectivity index (χ1v) is 6.79. The highest BCUT2D eigenvalue weighted by atomic mass is 79.9. The first-order chi connectivity index (χ1) is 9.43. The molecule has 3 amide bonds. The van der Waals surface area contributed by atoms with Gasteiger partial charge in [0.15, 0.2) is 0 Å². The number of nitrogens with zero attached hydrogens (tertiary/aromatic N) is 2. The summed E-state index contributed by atoms with van der Waals surface area (Å²) in [6, 6.07) is 0.840. The second kappa shape index (κ2) is 5.58. The van der Waals surface area contributed by atoms with E-state index in [4.69, 9.17) is 5.73 Å². The molecule has 8 heteroatoms. The SMILES string of the molecule is CCC1C(=O)NC(=O)CN1C(=O)c1cc(Br)cnc1N. The Labute approximate surface area is 123 Å². The van der Waals surface area contributed by atoms with E-state index in [1.807, 2.05) is 0 Å². The van der Waals surface area contributed by atoms with E-state index in [1.54, 1.807) is 6.92 Å². The maximum atomic E-state index is 12.5. The summed E-state index contributed by atoms with van der Waals surface area (Å²) in [5.74, 6) is -1.40. The standard InChI is InChI=1S/C12H13BrN4O3/c1-2-8-11(19)16-9(18)5-17(8)12(20)7-3-6(13)4-15-10(7)14/h3-4,8H,2,5H2,1H3,(H2,14,15)(H,16,18,19). The summed E-state index contributed by atoms with van der Waals surface area (Å²) < 4.78 is 0.593. The van der Waals surface area contributed by atoms with Crippen molar-refractivity contribution in [2.75, 3.05) is 12.3 Å². The van der Waals surface area contributed by atoms with Gasteiger partial charge >= 0.3 is 0 Å². The van der Waals surface area contributed by atoms with Crippen LogP contribution in [0.4, 0.5) is 5.82 Å². The number of anilines is 1. The number of amides is 3. The number of carbonyl (C=O) groups excluding carboxylic acids is 3. The number of nitrogen functional groups attached to an aromatic ring is 1. The number of halogens is 1. The summed E-state index contributed by atoms with van der Waals surface area (Å²) in [5.41, 5.74) is 5.86. The molecule has 0 aliphatic carbocycles. The van der Waals surface area contributed by atoms with Gasteiger partial charge in [0.05, 0.1) is 5.56 Å². The monoisotopic (exact) mass is 340 g/mol. The summed E-state index contributed by atoms with van der Waals surface area (Å²) in [6.45, 7) is 1.60. The van der Waals surface area contributed by atoms with Crippen LogP contribution in [0.5, 0.6) is 0 Å². The maximum Gasteiger partial charge on any atom is 0.258 e. The molecule has 2 rings (SSSR count). The van der Waals surface area contributed by atoms with Crippen molar-refractivity contribution in [3.8, 4) is 0 Å². The minimum absolute atomic E-state index is 0.0616. The van der Waals surface area contributed by atoms with Crippen molar-refractivity contribution in [2.24, 2.45) is 0 Å². The van der Waals surface area contributed by atoms with E-state index in [-0.39, 0.29) is 17.9 Å². The molecule has 3 N–H and O–H groups in total. The van der Waals surface area contributed by atoms with Crippen LogP contribution in [0.1, 0.15) is 23.7 Å². The number of aromatic nitrogens is 1. The average molecular weight is 341 g/mol. The Hall–Kier alpha value is -1.96. The molecule has 1 atom stereocenters. The van der Waals surface area contributed by atoms with E-state index < -0.39 is 23.8 Å². The fourth-order valence-electron chi connectivity index (χ4n) is 2.06. The maximum absolute atomic E-state index is 12.5. The fourth-order valence-corrected chi connectivity index (χ4v) is 2.39. The molecule has 1 aromatic heterocycles. The molecule has 7 nitrogen and oxygen atoms in total. The molecule has 0 bridgehead atoms. The van der Waals surface area contributed by atoms with Crippen molar-refractivity contribution in [3.63, 3.8) is 0 Å². The Morgan fingerprint density at radius 2 is 2.30 bits per heavy atom. The van der Waals surface area contributed by atoms with Crippen LogP contribution in [0.15, 0.2) is 16.7 Å². The van der Waals surface area contributed by atoms with E-state index in [0.29, 0.717) is 10.9 Å². The van der Waals surface area contributed by atoms with E-state index in [9.17, 15) is 14.4 Å². The summed E-state index contributed by atoms with van der Waals surface area (Å²) in [4.78, 5) is 40.8. The highest BCUT2D eigenvalue weighted by Crippen LogP contribution is 2.20. The lowest BCUT2D eigenvalue weighted by molar-refractivity contribution is -0.138. The Bertz CT molecular complexity index is 590. The largest absolute Gasteiger partial charge is 0.383 e. The van der Waals surface area contributed by atoms with Gasteiger partial charge in [0, 0.05) is 10.7 Å². The second-order valence-corrected chi connectivity index (χ2v) is 5.27. The molecule has 1 aliphatic rings. The van der Waals surface area contributed by atoms with E-state index in [1.165, 1.54) is 17.2 Å². The van der Waals surface area contributed by atoms with E-state index in [0.717, 1.165) is 0 Å². The van der Waals surface area contributed by atoms with Crippen LogP contribution in [0, 0.1) is 0 Å². The number of nitrogens with two attached hydrogens (primary N) is 1. The van der Waals surface area contributed by atoms with Crippen molar-refractivity contribution >= 4 is 39.5 Å². The third-order valence-electron chi connectivity index (χ3n) is 3.02. The zero-order valence-electron chi connectivity index (χ0n) is 10.7. The lowest BCUT2D eigenvalue weighted by Crippen LogP contribution is -2.59. The Morgan fingerprint density at radius 3 is 2.95 bits per heavy atom. The third kappa shape index (κ3) is 2.64. The Balaban J connectivity index is 2.37. The molecular formula is C12H13BrN4O3. The van der Waals surface area contributed by atoms with Gasteiger partial charge in [-0.1, -0.05) is 6.92 Å². The predicted octanol–water partition coefficient (Wildman–Crippen LogP) is 0.303. The van der Waals surface area contributed by atoms with Gasteiger partial charge in [-0.2, -0.15) is 0 Å². The molecule has 106 valence electrons. The van der Waals surface area contributed by atoms with Crippen LogP contribution < -0.4 is 11.1 Å². The van der Waals surface area contributed by atoms with Gasteiger partial charge in [-0.05, 0) is 28.4 Å². The first-order valence-electron chi connectivity index (χ1n) is 5.99. The van der Waals surface area contributed by atoms with Crippen molar-refractivity contribution < 1.29 is 14.4 Å². The molecule has 0 radical (unpaired) electrons. The Kier molecular flexibility index (Phi) is 4.03. The molecule has 1 aromatic rings. The number of nitrogens with one attached hydrogen (secondary N) is 1. The van der Waals surface area contributed by atoms with Gasteiger partial charge in [-0.25, -0.2) is 4.98 Å². The van der Waals surface area contributed by atoms with Crippen LogP contribution >= 0.6 is 15.9 Å². The molecule has 1 unspecified atom stereocenters. The van der Waals surface area contributed by atoms with Crippen LogP contribution in [0.3, 0.4) is 0 Å². The molecule has 2 heterocycles. The third-order valence-corrected chi connectivity index (χ3v) is 3.45. The zero-order chi connectivity index (χ0) is 14.9. The van der Waals surface area contributed by atoms with Gasteiger partial charge in [0.25, 0.3) is 5.91 Å². The smallest absolute Gasteiger partial charge is 0.258 e. The lowest BCUT2D eigenvalue weighted by Gasteiger charge is -2.33. The molecule has 0 aromatic carbocycles. The number of hydrogen-bond donors (Lipinski definition) is 2. The van der Waals surface area contributed by atoms with Gasteiger partial charge in [-0.3, -0.25) is 19.7 Å². The van der Waals surface area contributed by atoms with Crippen molar-refractivity contribution in [3.05, 3.63) is 22.3 Å². The predicted molar refractivity (Wildman–Crippen MR) is 74.6 cm³/mol. The summed E-state index contributed by atoms with van der Waals surface area (Å²) >= 11 is 3.21. The summed E-state index contributed by atoms with van der Waals surface area (Å²) in [6.07, 6.45) is 1.88. The van der Waals surface area contributed by atoms with Crippen LogP contribution in [0.2, 0.25) is 0 Å². The number of piperazine rings is 1. The fraction of sp³-hybridized carbons (Fsp3) is 0.333. The highest BCUT2D eigenvalue weighted by Gasteiger charge is 2.36. The average Bonchev–Trinajstić information content (AvgIpc) is 2.40. The first kappa shape index (κ1) is 14.4. The normalized spacial score (nSPS) is 18.9. The second-order valence-electron chi connectivity index (χ2n) is 4.36. The quantitative estimate of drug-likeness (QED) is 0.753. The highest BCUT2D eigenvalue weighted by molar-refractivity contribution is 9.10. The van der Waals surface area contributed by atoms with Gasteiger partial charge in [0.1, 0.15) is 18.4 Å². The van der Waals surface area contributed by atoms with Crippen molar-refractivity contribution in [1.82, 2.24) is 15.2 Å².